The smallest absolute Gasteiger partial charge is 0.341 e. The van der Waals surface area contributed by atoms with E-state index in [-0.39, 0.29) is 5.97 Å². The molecule has 2 aromatic heterocycles. The molecule has 2 N–H and O–H groups in total. The van der Waals surface area contributed by atoms with Gasteiger partial charge in [0, 0.05) is 29.7 Å². The Labute approximate surface area is 169 Å². The van der Waals surface area contributed by atoms with Crippen LogP contribution in [-0.4, -0.2) is 27.5 Å². The van der Waals surface area contributed by atoms with Gasteiger partial charge in [0.1, 0.15) is 5.00 Å². The van der Waals surface area contributed by atoms with Crippen LogP contribution in [0.1, 0.15) is 57.5 Å². The van der Waals surface area contributed by atoms with E-state index in [0.29, 0.717) is 23.8 Å². The Balaban J connectivity index is 1.75. The van der Waals surface area contributed by atoms with Crippen molar-refractivity contribution in [2.24, 2.45) is 7.05 Å². The topological polar surface area (TPSA) is 68.2 Å². The van der Waals surface area contributed by atoms with E-state index in [9.17, 15) is 4.79 Å². The van der Waals surface area contributed by atoms with Crippen LogP contribution in [0.15, 0.2) is 0 Å². The molecule has 3 rings (SSSR count). The number of aromatic nitrogens is 2. The molecule has 0 amide bonds. The maximum Gasteiger partial charge on any atom is 0.341 e. The Morgan fingerprint density at radius 3 is 2.74 bits per heavy atom. The average Bonchev–Trinajstić information content (AvgIpc) is 3.10. The number of rotatable bonds is 5. The highest BCUT2D eigenvalue weighted by Crippen LogP contribution is 2.38. The van der Waals surface area contributed by atoms with Crippen LogP contribution in [0.2, 0.25) is 0 Å². The van der Waals surface area contributed by atoms with Gasteiger partial charge in [-0.1, -0.05) is 0 Å². The predicted octanol–water partition coefficient (Wildman–Crippen LogP) is 3.64. The minimum absolute atomic E-state index is 0.263. The summed E-state index contributed by atoms with van der Waals surface area (Å²) in [5, 5.41) is 12.2. The summed E-state index contributed by atoms with van der Waals surface area (Å²) in [6, 6.07) is 0. The van der Waals surface area contributed by atoms with Gasteiger partial charge in [0.2, 0.25) is 0 Å². The average molecular weight is 407 g/mol. The molecule has 0 spiro atoms. The fraction of sp³-hybridized carbons (Fsp3) is 0.526. The van der Waals surface area contributed by atoms with E-state index in [0.717, 1.165) is 53.2 Å². The number of nitrogens with one attached hydrogen (secondary N) is 2. The van der Waals surface area contributed by atoms with Crippen LogP contribution in [0.5, 0.6) is 0 Å². The zero-order chi connectivity index (χ0) is 19.6. The maximum atomic E-state index is 12.5. The van der Waals surface area contributed by atoms with Gasteiger partial charge in [-0.25, -0.2) is 4.79 Å². The normalized spacial score (nSPS) is 13.2. The van der Waals surface area contributed by atoms with Crippen LogP contribution in [0, 0.1) is 13.8 Å². The van der Waals surface area contributed by atoms with Gasteiger partial charge in [-0.05, 0) is 64.2 Å². The van der Waals surface area contributed by atoms with Crippen molar-refractivity contribution in [1.29, 1.82) is 0 Å². The highest BCUT2D eigenvalue weighted by molar-refractivity contribution is 7.80. The third kappa shape index (κ3) is 4.16. The SMILES string of the molecule is CCOC(=O)c1c(NC(=S)NCc2c(C)nn(C)c2C)sc2c1CCCC2. The molecule has 8 heteroatoms. The Morgan fingerprint density at radius 1 is 1.33 bits per heavy atom. The Bertz CT molecular complexity index is 870. The van der Waals surface area contributed by atoms with Crippen molar-refractivity contribution in [3.05, 3.63) is 33.0 Å². The molecule has 0 saturated heterocycles. The van der Waals surface area contributed by atoms with Crippen molar-refractivity contribution < 1.29 is 9.53 Å². The Morgan fingerprint density at radius 2 is 2.07 bits per heavy atom. The Kier molecular flexibility index (Phi) is 6.16. The molecule has 0 atom stereocenters. The van der Waals surface area contributed by atoms with Crippen molar-refractivity contribution in [3.63, 3.8) is 0 Å². The molecule has 2 aromatic rings. The van der Waals surface area contributed by atoms with Crippen LogP contribution in [-0.2, 0) is 31.2 Å². The standard InChI is InChI=1S/C19H26N4O2S2/c1-5-25-18(24)16-13-8-6-7-9-15(13)27-17(16)21-19(26)20-10-14-11(2)22-23(4)12(14)3/h5-10H2,1-4H3,(H2,20,21,26). The zero-order valence-electron chi connectivity index (χ0n) is 16.3. The molecule has 6 nitrogen and oxygen atoms in total. The molecular weight excluding hydrogens is 380 g/mol. The maximum absolute atomic E-state index is 12.5. The van der Waals surface area contributed by atoms with Gasteiger partial charge in [0.05, 0.1) is 17.9 Å². The van der Waals surface area contributed by atoms with Crippen molar-refractivity contribution in [3.8, 4) is 0 Å². The number of ether oxygens (including phenoxy) is 1. The lowest BCUT2D eigenvalue weighted by Gasteiger charge is -2.13. The summed E-state index contributed by atoms with van der Waals surface area (Å²) in [6.07, 6.45) is 4.22. The first-order valence-electron chi connectivity index (χ1n) is 9.28. The van der Waals surface area contributed by atoms with Gasteiger partial charge >= 0.3 is 5.97 Å². The number of carbonyl (C=O) groups excluding carboxylic acids is 1. The number of esters is 1. The summed E-state index contributed by atoms with van der Waals surface area (Å²) >= 11 is 7.11. The number of thiophene rings is 1. The number of nitrogens with zero attached hydrogens (tertiary/aromatic N) is 2. The minimum atomic E-state index is -0.263. The molecule has 0 saturated carbocycles. The van der Waals surface area contributed by atoms with E-state index in [1.807, 2.05) is 32.5 Å². The first-order valence-corrected chi connectivity index (χ1v) is 10.5. The summed E-state index contributed by atoms with van der Waals surface area (Å²) in [5.41, 5.74) is 5.03. The molecule has 146 valence electrons. The zero-order valence-corrected chi connectivity index (χ0v) is 17.9. The first kappa shape index (κ1) is 19.8. The summed E-state index contributed by atoms with van der Waals surface area (Å²) in [7, 11) is 1.93. The molecule has 2 heterocycles. The van der Waals surface area contributed by atoms with E-state index in [2.05, 4.69) is 15.7 Å². The molecule has 1 aliphatic rings. The van der Waals surface area contributed by atoms with Gasteiger partial charge in [0.25, 0.3) is 0 Å². The van der Waals surface area contributed by atoms with Crippen molar-refractivity contribution >= 4 is 39.6 Å². The fourth-order valence-electron chi connectivity index (χ4n) is 3.46. The molecule has 0 radical (unpaired) electrons. The van der Waals surface area contributed by atoms with Crippen LogP contribution < -0.4 is 10.6 Å². The third-order valence-electron chi connectivity index (χ3n) is 4.96. The number of anilines is 1. The monoisotopic (exact) mass is 406 g/mol. The molecule has 0 aliphatic heterocycles. The number of thiocarbonyl (C=S) groups is 1. The predicted molar refractivity (Wildman–Crippen MR) is 113 cm³/mol. The fourth-order valence-corrected chi connectivity index (χ4v) is 4.98. The van der Waals surface area contributed by atoms with Crippen LogP contribution in [0.3, 0.4) is 0 Å². The molecule has 27 heavy (non-hydrogen) atoms. The van der Waals surface area contributed by atoms with E-state index in [1.165, 1.54) is 4.88 Å². The largest absolute Gasteiger partial charge is 0.462 e. The first-order chi connectivity index (χ1) is 12.9. The quantitative estimate of drug-likeness (QED) is 0.584. The molecular formula is C19H26N4O2S2. The molecule has 0 fully saturated rings. The van der Waals surface area contributed by atoms with Gasteiger partial charge < -0.3 is 15.4 Å². The Hall–Kier alpha value is -1.93. The highest BCUT2D eigenvalue weighted by Gasteiger charge is 2.26. The van der Waals surface area contributed by atoms with E-state index in [4.69, 9.17) is 17.0 Å². The lowest BCUT2D eigenvalue weighted by Crippen LogP contribution is -2.28. The lowest BCUT2D eigenvalue weighted by molar-refractivity contribution is 0.0526. The van der Waals surface area contributed by atoms with E-state index >= 15 is 0 Å². The molecule has 0 aromatic carbocycles. The van der Waals surface area contributed by atoms with Gasteiger partial charge in [-0.15, -0.1) is 11.3 Å². The highest BCUT2D eigenvalue weighted by atomic mass is 32.1. The van der Waals surface area contributed by atoms with E-state index < -0.39 is 0 Å². The van der Waals surface area contributed by atoms with E-state index in [1.54, 1.807) is 11.3 Å². The summed E-state index contributed by atoms with van der Waals surface area (Å²) in [5.74, 6) is -0.263. The number of carbonyl (C=O) groups is 1. The van der Waals surface area contributed by atoms with Crippen LogP contribution >= 0.6 is 23.6 Å². The second-order valence-electron chi connectivity index (χ2n) is 6.72. The second kappa shape index (κ2) is 8.39. The number of hydrogen-bond donors (Lipinski definition) is 2. The number of aryl methyl sites for hydroxylation is 3. The summed E-state index contributed by atoms with van der Waals surface area (Å²) < 4.78 is 7.16. The number of fused-ring (bicyclic) bond motifs is 1. The number of hydrogen-bond acceptors (Lipinski definition) is 5. The van der Waals surface area contributed by atoms with Crippen molar-refractivity contribution in [1.82, 2.24) is 15.1 Å². The second-order valence-corrected chi connectivity index (χ2v) is 8.23. The molecule has 1 aliphatic carbocycles. The third-order valence-corrected chi connectivity index (χ3v) is 6.42. The molecule has 0 unspecified atom stereocenters. The minimum Gasteiger partial charge on any atom is -0.462 e. The summed E-state index contributed by atoms with van der Waals surface area (Å²) in [4.78, 5) is 13.8. The lowest BCUT2D eigenvalue weighted by atomic mass is 9.95. The molecule has 0 bridgehead atoms. The summed E-state index contributed by atoms with van der Waals surface area (Å²) in [6.45, 7) is 6.82. The van der Waals surface area contributed by atoms with Crippen molar-refractivity contribution in [2.75, 3.05) is 11.9 Å². The van der Waals surface area contributed by atoms with Crippen LogP contribution in [0.25, 0.3) is 0 Å². The van der Waals surface area contributed by atoms with Crippen LogP contribution in [0.4, 0.5) is 5.00 Å². The van der Waals surface area contributed by atoms with Crippen molar-refractivity contribution in [2.45, 2.75) is 53.0 Å². The van der Waals surface area contributed by atoms with Gasteiger partial charge in [0.15, 0.2) is 5.11 Å². The van der Waals surface area contributed by atoms with Gasteiger partial charge in [-0.2, -0.15) is 5.10 Å². The van der Waals surface area contributed by atoms with Gasteiger partial charge in [-0.3, -0.25) is 4.68 Å².